The van der Waals surface area contributed by atoms with Crippen molar-refractivity contribution >= 4 is 11.5 Å². The van der Waals surface area contributed by atoms with Crippen LogP contribution >= 0.6 is 0 Å². The Morgan fingerprint density at radius 2 is 2.18 bits per heavy atom. The molecule has 0 spiro atoms. The van der Waals surface area contributed by atoms with Crippen molar-refractivity contribution in [3.8, 4) is 0 Å². The van der Waals surface area contributed by atoms with Crippen LogP contribution in [0.25, 0.3) is 0 Å². The van der Waals surface area contributed by atoms with Gasteiger partial charge in [-0.05, 0) is 39.5 Å². The standard InChI is InChI=1S/C12H17N3O2/c1-8-7-13-11(6-10(8)15(16)17)14-12(2,3)9-4-5-9/h6-7,9H,4-5H2,1-3H3,(H,13,14). The molecule has 1 aromatic rings. The highest BCUT2D eigenvalue weighted by molar-refractivity contribution is 5.50. The lowest BCUT2D eigenvalue weighted by Gasteiger charge is -2.26. The van der Waals surface area contributed by atoms with E-state index in [0.29, 0.717) is 17.3 Å². The minimum Gasteiger partial charge on any atom is -0.365 e. The maximum atomic E-state index is 10.8. The third-order valence-electron chi connectivity index (χ3n) is 3.32. The van der Waals surface area contributed by atoms with Crippen LogP contribution in [0.4, 0.5) is 11.5 Å². The van der Waals surface area contributed by atoms with E-state index in [2.05, 4.69) is 24.1 Å². The molecular formula is C12H17N3O2. The normalized spacial score (nSPS) is 15.7. The monoisotopic (exact) mass is 235 g/mol. The lowest BCUT2D eigenvalue weighted by molar-refractivity contribution is -0.385. The third-order valence-corrected chi connectivity index (χ3v) is 3.32. The van der Waals surface area contributed by atoms with Gasteiger partial charge in [-0.3, -0.25) is 10.1 Å². The van der Waals surface area contributed by atoms with Gasteiger partial charge in [-0.2, -0.15) is 0 Å². The van der Waals surface area contributed by atoms with Gasteiger partial charge in [0.2, 0.25) is 0 Å². The lowest BCUT2D eigenvalue weighted by Crippen LogP contribution is -2.33. The van der Waals surface area contributed by atoms with Gasteiger partial charge in [0.1, 0.15) is 5.82 Å². The van der Waals surface area contributed by atoms with Crippen molar-refractivity contribution in [3.63, 3.8) is 0 Å². The molecule has 0 radical (unpaired) electrons. The minimum atomic E-state index is -0.369. The molecule has 1 aliphatic carbocycles. The Morgan fingerprint density at radius 1 is 1.53 bits per heavy atom. The molecule has 1 heterocycles. The quantitative estimate of drug-likeness (QED) is 0.643. The second-order valence-corrected chi connectivity index (χ2v) is 5.23. The van der Waals surface area contributed by atoms with Gasteiger partial charge >= 0.3 is 0 Å². The Morgan fingerprint density at radius 3 is 2.71 bits per heavy atom. The van der Waals surface area contributed by atoms with Crippen LogP contribution < -0.4 is 5.32 Å². The predicted molar refractivity (Wildman–Crippen MR) is 66.1 cm³/mol. The molecule has 2 rings (SSSR count). The molecule has 0 amide bonds. The molecule has 5 heteroatoms. The molecule has 1 fully saturated rings. The smallest absolute Gasteiger partial charge is 0.277 e. The van der Waals surface area contributed by atoms with Crippen LogP contribution in [0.1, 0.15) is 32.3 Å². The highest BCUT2D eigenvalue weighted by atomic mass is 16.6. The van der Waals surface area contributed by atoms with E-state index in [9.17, 15) is 10.1 Å². The van der Waals surface area contributed by atoms with E-state index in [4.69, 9.17) is 0 Å². The van der Waals surface area contributed by atoms with Crippen LogP contribution in [-0.2, 0) is 0 Å². The van der Waals surface area contributed by atoms with Crippen molar-refractivity contribution in [1.29, 1.82) is 0 Å². The van der Waals surface area contributed by atoms with E-state index in [1.165, 1.54) is 18.9 Å². The molecule has 1 aliphatic rings. The Labute approximate surface area is 100 Å². The first-order valence-electron chi connectivity index (χ1n) is 5.79. The fourth-order valence-electron chi connectivity index (χ4n) is 2.02. The van der Waals surface area contributed by atoms with Crippen LogP contribution in [-0.4, -0.2) is 15.4 Å². The van der Waals surface area contributed by atoms with Crippen molar-refractivity contribution in [1.82, 2.24) is 4.98 Å². The van der Waals surface area contributed by atoms with Crippen LogP contribution in [0.2, 0.25) is 0 Å². The SMILES string of the molecule is Cc1cnc(NC(C)(C)C2CC2)cc1[N+](=O)[O-]. The van der Waals surface area contributed by atoms with Gasteiger partial charge in [0.25, 0.3) is 5.69 Å². The molecule has 0 aliphatic heterocycles. The number of nitro groups is 1. The average molecular weight is 235 g/mol. The van der Waals surface area contributed by atoms with Gasteiger partial charge in [-0.1, -0.05) is 0 Å². The number of hydrogen-bond donors (Lipinski definition) is 1. The van der Waals surface area contributed by atoms with Gasteiger partial charge in [0.05, 0.1) is 11.0 Å². The van der Waals surface area contributed by atoms with Gasteiger partial charge in [-0.15, -0.1) is 0 Å². The maximum absolute atomic E-state index is 10.8. The Hall–Kier alpha value is -1.65. The topological polar surface area (TPSA) is 68.1 Å². The summed E-state index contributed by atoms with van der Waals surface area (Å²) >= 11 is 0. The first-order chi connectivity index (χ1) is 7.90. The van der Waals surface area contributed by atoms with Crippen LogP contribution in [0.5, 0.6) is 0 Å². The van der Waals surface area contributed by atoms with Crippen molar-refractivity contribution in [2.24, 2.45) is 5.92 Å². The molecule has 0 saturated heterocycles. The van der Waals surface area contributed by atoms with Crippen molar-refractivity contribution < 1.29 is 4.92 Å². The average Bonchev–Trinajstić information content (AvgIpc) is 3.03. The van der Waals surface area contributed by atoms with Gasteiger partial charge < -0.3 is 5.32 Å². The number of nitrogens with one attached hydrogen (secondary N) is 1. The second kappa shape index (κ2) is 3.98. The Bertz CT molecular complexity index is 453. The molecule has 17 heavy (non-hydrogen) atoms. The third kappa shape index (κ3) is 2.54. The number of hydrogen-bond acceptors (Lipinski definition) is 4. The molecule has 0 aromatic carbocycles. The minimum absolute atomic E-state index is 0.0455. The summed E-state index contributed by atoms with van der Waals surface area (Å²) in [5, 5.41) is 14.1. The first kappa shape index (κ1) is 11.8. The van der Waals surface area contributed by atoms with Crippen LogP contribution in [0.3, 0.4) is 0 Å². The molecule has 1 saturated carbocycles. The number of aromatic nitrogens is 1. The lowest BCUT2D eigenvalue weighted by atomic mass is 9.99. The summed E-state index contributed by atoms with van der Waals surface area (Å²) in [6, 6.07) is 1.51. The Kier molecular flexibility index (Phi) is 2.77. The summed E-state index contributed by atoms with van der Waals surface area (Å²) in [5.74, 6) is 1.23. The van der Waals surface area contributed by atoms with Crippen LogP contribution in [0, 0.1) is 23.0 Å². The number of rotatable bonds is 4. The molecule has 1 N–H and O–H groups in total. The summed E-state index contributed by atoms with van der Waals surface area (Å²) in [6.45, 7) is 5.91. The van der Waals surface area contributed by atoms with E-state index in [0.717, 1.165) is 0 Å². The number of pyridine rings is 1. The van der Waals surface area contributed by atoms with E-state index >= 15 is 0 Å². The van der Waals surface area contributed by atoms with E-state index in [1.54, 1.807) is 13.1 Å². The second-order valence-electron chi connectivity index (χ2n) is 5.23. The zero-order chi connectivity index (χ0) is 12.6. The summed E-state index contributed by atoms with van der Waals surface area (Å²) in [6.07, 6.45) is 3.98. The summed E-state index contributed by atoms with van der Waals surface area (Å²) in [7, 11) is 0. The molecule has 1 aromatic heterocycles. The highest BCUT2D eigenvalue weighted by Gasteiger charge is 2.38. The zero-order valence-electron chi connectivity index (χ0n) is 10.4. The number of nitrogens with zero attached hydrogens (tertiary/aromatic N) is 2. The van der Waals surface area contributed by atoms with E-state index in [-0.39, 0.29) is 16.1 Å². The summed E-state index contributed by atoms with van der Waals surface area (Å²) < 4.78 is 0. The predicted octanol–water partition coefficient (Wildman–Crippen LogP) is 2.90. The maximum Gasteiger partial charge on any atom is 0.277 e. The van der Waals surface area contributed by atoms with Gasteiger partial charge in [0, 0.05) is 17.3 Å². The van der Waals surface area contributed by atoms with E-state index in [1.807, 2.05) is 0 Å². The summed E-state index contributed by atoms with van der Waals surface area (Å²) in [4.78, 5) is 14.7. The largest absolute Gasteiger partial charge is 0.365 e. The molecule has 0 unspecified atom stereocenters. The molecular weight excluding hydrogens is 218 g/mol. The summed E-state index contributed by atoms with van der Waals surface area (Å²) in [5.41, 5.74) is 0.662. The van der Waals surface area contributed by atoms with E-state index < -0.39 is 0 Å². The zero-order valence-corrected chi connectivity index (χ0v) is 10.4. The number of aryl methyl sites for hydroxylation is 1. The molecule has 5 nitrogen and oxygen atoms in total. The molecule has 0 atom stereocenters. The fraction of sp³-hybridized carbons (Fsp3) is 0.583. The molecule has 92 valence electrons. The van der Waals surface area contributed by atoms with Crippen molar-refractivity contribution in [2.75, 3.05) is 5.32 Å². The van der Waals surface area contributed by atoms with Crippen molar-refractivity contribution in [3.05, 3.63) is 27.9 Å². The Balaban J connectivity index is 2.21. The highest BCUT2D eigenvalue weighted by Crippen LogP contribution is 2.41. The first-order valence-corrected chi connectivity index (χ1v) is 5.79. The number of anilines is 1. The van der Waals surface area contributed by atoms with Crippen LogP contribution in [0.15, 0.2) is 12.3 Å². The fourth-order valence-corrected chi connectivity index (χ4v) is 2.02. The van der Waals surface area contributed by atoms with Gasteiger partial charge in [0.15, 0.2) is 0 Å². The molecule has 0 bridgehead atoms. The van der Waals surface area contributed by atoms with Gasteiger partial charge in [-0.25, -0.2) is 4.98 Å². The van der Waals surface area contributed by atoms with Crippen molar-refractivity contribution in [2.45, 2.75) is 39.2 Å².